The summed E-state index contributed by atoms with van der Waals surface area (Å²) in [7, 11) is -2.79. The van der Waals surface area contributed by atoms with Crippen LogP contribution in [0.25, 0.3) is 0 Å². The maximum Gasteiger partial charge on any atom is 0.268 e. The van der Waals surface area contributed by atoms with E-state index in [1.165, 1.54) is 36.9 Å². The second-order valence-electron chi connectivity index (χ2n) is 8.26. The third-order valence-corrected chi connectivity index (χ3v) is 8.02. The fraction of sp³-hybridized carbons (Fsp3) is 0.269. The lowest BCUT2D eigenvalue weighted by molar-refractivity contribution is -0.120. The van der Waals surface area contributed by atoms with Gasteiger partial charge in [0.15, 0.2) is 0 Å². The van der Waals surface area contributed by atoms with Gasteiger partial charge in [-0.1, -0.05) is 59.6 Å². The highest BCUT2D eigenvalue weighted by Crippen LogP contribution is 2.33. The monoisotopic (exact) mass is 534 g/mol. The Kier molecular flexibility index (Phi) is 9.05. The molecule has 1 atom stereocenters. The molecule has 3 aromatic carbocycles. The number of carbonyl (C=O) groups is 1. The molecule has 6 nitrogen and oxygen atoms in total. The lowest BCUT2D eigenvalue weighted by Gasteiger charge is -2.26. The molecule has 0 aliphatic heterocycles. The molecule has 0 bridgehead atoms. The summed E-state index contributed by atoms with van der Waals surface area (Å²) in [4.78, 5) is 12.9. The van der Waals surface area contributed by atoms with Crippen molar-refractivity contribution < 1.29 is 17.9 Å². The Morgan fingerprint density at radius 3 is 2.40 bits per heavy atom. The molecule has 0 heterocycles. The fourth-order valence-electron chi connectivity index (χ4n) is 3.61. The molecule has 9 heteroatoms. The minimum atomic E-state index is -4.19. The lowest BCUT2D eigenvalue weighted by atomic mass is 10.1. The molecular weight excluding hydrogens is 507 g/mol. The van der Waals surface area contributed by atoms with E-state index in [4.69, 9.17) is 27.9 Å². The Hall–Kier alpha value is -2.74. The minimum absolute atomic E-state index is 0.0454. The molecule has 0 fully saturated rings. The molecule has 35 heavy (non-hydrogen) atoms. The molecular formula is C26H28Cl2N2O4S. The van der Waals surface area contributed by atoms with E-state index >= 15 is 0 Å². The summed E-state index contributed by atoms with van der Waals surface area (Å²) >= 11 is 12.2. The standard InChI is InChI=1S/C26H28Cl2N2O4S/c1-18-9-14-24(34-3)25(15-18)35(32,33)30(21-12-13-22(27)23(28)16-21)17-26(31)29-19(2)10-11-20-7-5-4-6-8-20/h4-9,12-16,19H,10-11,17H2,1-3H3,(H,29,31)/t19-/m0/s1. The van der Waals surface area contributed by atoms with Gasteiger partial charge in [-0.25, -0.2) is 8.42 Å². The smallest absolute Gasteiger partial charge is 0.268 e. The zero-order valence-electron chi connectivity index (χ0n) is 19.8. The normalized spacial score (nSPS) is 12.1. The summed E-state index contributed by atoms with van der Waals surface area (Å²) in [6.07, 6.45) is 1.50. The number of methoxy groups -OCH3 is 1. The van der Waals surface area contributed by atoms with E-state index < -0.39 is 22.5 Å². The molecule has 0 saturated heterocycles. The predicted molar refractivity (Wildman–Crippen MR) is 141 cm³/mol. The average molecular weight is 535 g/mol. The molecule has 0 aliphatic rings. The quantitative estimate of drug-likeness (QED) is 0.365. The van der Waals surface area contributed by atoms with Crippen molar-refractivity contribution in [3.63, 3.8) is 0 Å². The number of hydrogen-bond acceptors (Lipinski definition) is 4. The zero-order valence-corrected chi connectivity index (χ0v) is 22.1. The van der Waals surface area contributed by atoms with Crippen LogP contribution in [0.3, 0.4) is 0 Å². The molecule has 0 spiro atoms. The van der Waals surface area contributed by atoms with Crippen LogP contribution >= 0.6 is 23.2 Å². The Balaban J connectivity index is 1.87. The number of sulfonamides is 1. The molecule has 0 aliphatic carbocycles. The van der Waals surface area contributed by atoms with Gasteiger partial charge in [0.2, 0.25) is 5.91 Å². The molecule has 0 radical (unpaired) electrons. The van der Waals surface area contributed by atoms with E-state index in [0.29, 0.717) is 6.42 Å². The first-order chi connectivity index (χ1) is 16.6. The second kappa shape index (κ2) is 11.8. The molecule has 186 valence electrons. The van der Waals surface area contributed by atoms with Crippen molar-refractivity contribution in [2.75, 3.05) is 18.0 Å². The number of anilines is 1. The van der Waals surface area contributed by atoms with Crippen molar-refractivity contribution in [1.29, 1.82) is 0 Å². The van der Waals surface area contributed by atoms with Crippen molar-refractivity contribution in [1.82, 2.24) is 5.32 Å². The van der Waals surface area contributed by atoms with Crippen molar-refractivity contribution in [2.24, 2.45) is 0 Å². The predicted octanol–water partition coefficient (Wildman–Crippen LogP) is 5.64. The van der Waals surface area contributed by atoms with Gasteiger partial charge in [-0.15, -0.1) is 0 Å². The second-order valence-corrected chi connectivity index (χ2v) is 10.9. The number of benzene rings is 3. The van der Waals surface area contributed by atoms with Gasteiger partial charge in [0.25, 0.3) is 10.0 Å². The van der Waals surface area contributed by atoms with Gasteiger partial charge >= 0.3 is 0 Å². The zero-order chi connectivity index (χ0) is 25.6. The topological polar surface area (TPSA) is 75.7 Å². The number of nitrogens with one attached hydrogen (secondary N) is 1. The van der Waals surface area contributed by atoms with E-state index in [-0.39, 0.29) is 32.4 Å². The Morgan fingerprint density at radius 2 is 1.74 bits per heavy atom. The number of carbonyl (C=O) groups excluding carboxylic acids is 1. The Bertz CT molecular complexity index is 1280. The number of rotatable bonds is 10. The average Bonchev–Trinajstić information content (AvgIpc) is 2.83. The van der Waals surface area contributed by atoms with E-state index in [9.17, 15) is 13.2 Å². The molecule has 1 N–H and O–H groups in total. The number of ether oxygens (including phenoxy) is 1. The third-order valence-electron chi connectivity index (χ3n) is 5.48. The van der Waals surface area contributed by atoms with E-state index in [0.717, 1.165) is 16.3 Å². The van der Waals surface area contributed by atoms with Crippen LogP contribution in [0.4, 0.5) is 5.69 Å². The summed E-state index contributed by atoms with van der Waals surface area (Å²) in [5.41, 5.74) is 2.12. The van der Waals surface area contributed by atoms with Gasteiger partial charge in [-0.2, -0.15) is 0 Å². The van der Waals surface area contributed by atoms with E-state index in [2.05, 4.69) is 5.32 Å². The van der Waals surface area contributed by atoms with Crippen LogP contribution in [0.15, 0.2) is 71.6 Å². The highest BCUT2D eigenvalue weighted by atomic mass is 35.5. The number of amides is 1. The number of aryl methyl sites for hydroxylation is 2. The molecule has 3 rings (SSSR count). The van der Waals surface area contributed by atoms with Crippen molar-refractivity contribution in [2.45, 2.75) is 37.6 Å². The van der Waals surface area contributed by atoms with Crippen LogP contribution in [0, 0.1) is 6.92 Å². The van der Waals surface area contributed by atoms with Crippen LogP contribution in [-0.4, -0.2) is 34.0 Å². The highest BCUT2D eigenvalue weighted by molar-refractivity contribution is 7.93. The summed E-state index contributed by atoms with van der Waals surface area (Å²) in [5.74, 6) is -0.260. The SMILES string of the molecule is COc1ccc(C)cc1S(=O)(=O)N(CC(=O)N[C@@H](C)CCc1ccccc1)c1ccc(Cl)c(Cl)c1. The lowest BCUT2D eigenvalue weighted by Crippen LogP contribution is -2.43. The number of halogens is 2. The maximum absolute atomic E-state index is 13.8. The van der Waals surface area contributed by atoms with Crippen molar-refractivity contribution in [3.8, 4) is 5.75 Å². The van der Waals surface area contributed by atoms with Gasteiger partial charge in [-0.05, 0) is 68.1 Å². The maximum atomic E-state index is 13.8. The van der Waals surface area contributed by atoms with Crippen LogP contribution in [0.5, 0.6) is 5.75 Å². The van der Waals surface area contributed by atoms with Gasteiger partial charge in [0, 0.05) is 6.04 Å². The molecule has 0 saturated carbocycles. The van der Waals surface area contributed by atoms with Gasteiger partial charge in [-0.3, -0.25) is 9.10 Å². The van der Waals surface area contributed by atoms with Gasteiger partial charge in [0.1, 0.15) is 17.2 Å². The Morgan fingerprint density at radius 1 is 1.03 bits per heavy atom. The molecule has 0 unspecified atom stereocenters. The largest absolute Gasteiger partial charge is 0.495 e. The molecule has 3 aromatic rings. The number of hydrogen-bond donors (Lipinski definition) is 1. The van der Waals surface area contributed by atoms with Crippen molar-refractivity contribution >= 4 is 44.8 Å². The van der Waals surface area contributed by atoms with Crippen LogP contribution in [-0.2, 0) is 21.2 Å². The third kappa shape index (κ3) is 6.90. The van der Waals surface area contributed by atoms with Gasteiger partial charge < -0.3 is 10.1 Å². The first-order valence-corrected chi connectivity index (χ1v) is 13.3. The molecule has 1 amide bonds. The van der Waals surface area contributed by atoms with Crippen LogP contribution in [0.1, 0.15) is 24.5 Å². The van der Waals surface area contributed by atoms with Crippen LogP contribution < -0.4 is 14.4 Å². The first kappa shape index (κ1) is 26.9. The summed E-state index contributed by atoms with van der Waals surface area (Å²) < 4.78 is 33.9. The summed E-state index contributed by atoms with van der Waals surface area (Å²) in [5, 5.41) is 3.36. The Labute approximate surface area is 216 Å². The van der Waals surface area contributed by atoms with E-state index in [1.54, 1.807) is 19.1 Å². The summed E-state index contributed by atoms with van der Waals surface area (Å²) in [6, 6.07) is 19.1. The number of nitrogens with zero attached hydrogens (tertiary/aromatic N) is 1. The minimum Gasteiger partial charge on any atom is -0.495 e. The van der Waals surface area contributed by atoms with Crippen LogP contribution in [0.2, 0.25) is 10.0 Å². The van der Waals surface area contributed by atoms with Crippen molar-refractivity contribution in [3.05, 3.63) is 87.9 Å². The summed E-state index contributed by atoms with van der Waals surface area (Å²) in [6.45, 7) is 3.23. The first-order valence-electron chi connectivity index (χ1n) is 11.1. The van der Waals surface area contributed by atoms with E-state index in [1.807, 2.05) is 37.3 Å². The van der Waals surface area contributed by atoms with Gasteiger partial charge in [0.05, 0.1) is 22.8 Å². The highest BCUT2D eigenvalue weighted by Gasteiger charge is 2.31. The fourth-order valence-corrected chi connectivity index (χ4v) is 5.56. The molecule has 0 aromatic heterocycles.